The molecule has 122 valence electrons. The van der Waals surface area contributed by atoms with E-state index in [1.807, 2.05) is 0 Å². The summed E-state index contributed by atoms with van der Waals surface area (Å²) in [6.07, 6.45) is 1.15. The Bertz CT molecular complexity index is 575. The van der Waals surface area contributed by atoms with Crippen LogP contribution in [0.5, 0.6) is 0 Å². The van der Waals surface area contributed by atoms with Crippen molar-refractivity contribution >= 4 is 11.9 Å². The van der Waals surface area contributed by atoms with Gasteiger partial charge in [0.05, 0.1) is 13.7 Å². The Morgan fingerprint density at radius 1 is 1.55 bits per heavy atom. The lowest BCUT2D eigenvalue weighted by atomic mass is 9.93. The summed E-state index contributed by atoms with van der Waals surface area (Å²) in [5.41, 5.74) is 0.785. The summed E-state index contributed by atoms with van der Waals surface area (Å²) in [5, 5.41) is 3.29. The Hall–Kier alpha value is -1.98. The summed E-state index contributed by atoms with van der Waals surface area (Å²) >= 11 is 0. The molecule has 6 heteroatoms. The van der Waals surface area contributed by atoms with Crippen LogP contribution in [0.15, 0.2) is 15.5 Å². The number of likely N-dealkylation sites (tertiary alicyclic amines) is 1. The zero-order valence-electron chi connectivity index (χ0n) is 14.0. The summed E-state index contributed by atoms with van der Waals surface area (Å²) in [5.74, 6) is 1.75. The Balaban J connectivity index is 1.99. The SMILES string of the molecule is CN=C(NCc1cc(C(=O)OC)c(C)o1)N1CCC(C)(C)C1. The second kappa shape index (κ2) is 6.42. The first kappa shape index (κ1) is 16.4. The largest absolute Gasteiger partial charge is 0.465 e. The van der Waals surface area contributed by atoms with Gasteiger partial charge in [-0.1, -0.05) is 13.8 Å². The zero-order valence-corrected chi connectivity index (χ0v) is 14.0. The second-order valence-electron chi connectivity index (χ2n) is 6.41. The summed E-state index contributed by atoms with van der Waals surface area (Å²) in [7, 11) is 3.14. The van der Waals surface area contributed by atoms with Crippen molar-refractivity contribution in [2.75, 3.05) is 27.2 Å². The number of esters is 1. The first-order valence-corrected chi connectivity index (χ1v) is 7.49. The van der Waals surface area contributed by atoms with Crippen molar-refractivity contribution < 1.29 is 13.9 Å². The average molecular weight is 307 g/mol. The lowest BCUT2D eigenvalue weighted by Gasteiger charge is -2.23. The maximum atomic E-state index is 11.6. The molecule has 1 saturated heterocycles. The Morgan fingerprint density at radius 2 is 2.27 bits per heavy atom. The van der Waals surface area contributed by atoms with Crippen LogP contribution in [0.25, 0.3) is 0 Å². The van der Waals surface area contributed by atoms with E-state index in [-0.39, 0.29) is 5.97 Å². The van der Waals surface area contributed by atoms with Gasteiger partial charge in [0, 0.05) is 20.1 Å². The van der Waals surface area contributed by atoms with Crippen molar-refractivity contribution in [1.29, 1.82) is 0 Å². The molecule has 0 saturated carbocycles. The molecule has 2 heterocycles. The molecular formula is C16H25N3O3. The normalized spacial score (nSPS) is 17.7. The molecule has 0 aromatic carbocycles. The van der Waals surface area contributed by atoms with E-state index in [0.29, 0.717) is 29.0 Å². The highest BCUT2D eigenvalue weighted by molar-refractivity contribution is 5.90. The molecule has 1 aromatic rings. The minimum Gasteiger partial charge on any atom is -0.465 e. The standard InChI is InChI=1S/C16H25N3O3/c1-11-13(14(20)21-5)8-12(22-11)9-18-15(17-4)19-7-6-16(2,3)10-19/h8H,6-7,9-10H2,1-5H3,(H,17,18). The molecule has 0 spiro atoms. The molecule has 1 aliphatic heterocycles. The smallest absolute Gasteiger partial charge is 0.341 e. The number of methoxy groups -OCH3 is 1. The molecule has 1 aromatic heterocycles. The number of aryl methyl sites for hydroxylation is 1. The van der Waals surface area contributed by atoms with E-state index >= 15 is 0 Å². The highest BCUT2D eigenvalue weighted by Gasteiger charge is 2.30. The molecule has 0 amide bonds. The molecule has 0 unspecified atom stereocenters. The Morgan fingerprint density at radius 3 is 2.82 bits per heavy atom. The fourth-order valence-corrected chi connectivity index (χ4v) is 2.74. The number of carbonyl (C=O) groups is 1. The van der Waals surface area contributed by atoms with Gasteiger partial charge < -0.3 is 19.4 Å². The number of aliphatic imine (C=N–C) groups is 1. The van der Waals surface area contributed by atoms with E-state index < -0.39 is 0 Å². The van der Waals surface area contributed by atoms with Crippen molar-refractivity contribution in [3.8, 4) is 0 Å². The third-order valence-electron chi connectivity index (χ3n) is 3.98. The van der Waals surface area contributed by atoms with Crippen LogP contribution in [0.4, 0.5) is 0 Å². The van der Waals surface area contributed by atoms with Gasteiger partial charge in [-0.25, -0.2) is 4.79 Å². The van der Waals surface area contributed by atoms with Gasteiger partial charge >= 0.3 is 5.97 Å². The van der Waals surface area contributed by atoms with Crippen molar-refractivity contribution in [1.82, 2.24) is 10.2 Å². The minimum atomic E-state index is -0.377. The summed E-state index contributed by atoms with van der Waals surface area (Å²) in [6.45, 7) is 8.75. The Kier molecular flexibility index (Phi) is 4.78. The van der Waals surface area contributed by atoms with Gasteiger partial charge in [0.2, 0.25) is 0 Å². The van der Waals surface area contributed by atoms with Gasteiger partial charge in [0.25, 0.3) is 0 Å². The average Bonchev–Trinajstić information content (AvgIpc) is 3.01. The number of hydrogen-bond acceptors (Lipinski definition) is 4. The predicted octanol–water partition coefficient (Wildman–Crippen LogP) is 2.18. The van der Waals surface area contributed by atoms with Crippen molar-refractivity contribution in [2.45, 2.75) is 33.7 Å². The van der Waals surface area contributed by atoms with Crippen molar-refractivity contribution in [2.24, 2.45) is 10.4 Å². The van der Waals surface area contributed by atoms with Gasteiger partial charge in [-0.3, -0.25) is 4.99 Å². The van der Waals surface area contributed by atoms with E-state index in [9.17, 15) is 4.79 Å². The molecule has 0 atom stereocenters. The summed E-state index contributed by atoms with van der Waals surface area (Å²) in [4.78, 5) is 18.2. The number of rotatable bonds is 3. The summed E-state index contributed by atoms with van der Waals surface area (Å²) in [6, 6.07) is 1.72. The van der Waals surface area contributed by atoms with Crippen LogP contribution in [-0.4, -0.2) is 44.1 Å². The lowest BCUT2D eigenvalue weighted by Crippen LogP contribution is -2.40. The molecule has 1 aliphatic rings. The minimum absolute atomic E-state index is 0.316. The molecule has 2 rings (SSSR count). The zero-order chi connectivity index (χ0) is 16.3. The van der Waals surface area contributed by atoms with E-state index in [0.717, 1.165) is 25.5 Å². The van der Waals surface area contributed by atoms with Crippen LogP contribution < -0.4 is 5.32 Å². The first-order chi connectivity index (χ1) is 10.4. The quantitative estimate of drug-likeness (QED) is 0.527. The van der Waals surface area contributed by atoms with Gasteiger partial charge in [-0.2, -0.15) is 0 Å². The molecular weight excluding hydrogens is 282 g/mol. The van der Waals surface area contributed by atoms with Gasteiger partial charge in [0.15, 0.2) is 5.96 Å². The number of guanidine groups is 1. The third-order valence-corrected chi connectivity index (χ3v) is 3.98. The lowest BCUT2D eigenvalue weighted by molar-refractivity contribution is 0.0599. The van der Waals surface area contributed by atoms with Crippen LogP contribution in [0.3, 0.4) is 0 Å². The molecule has 0 aliphatic carbocycles. The van der Waals surface area contributed by atoms with Crippen LogP contribution >= 0.6 is 0 Å². The highest BCUT2D eigenvalue weighted by atomic mass is 16.5. The maximum Gasteiger partial charge on any atom is 0.341 e. The predicted molar refractivity (Wildman–Crippen MR) is 85.0 cm³/mol. The highest BCUT2D eigenvalue weighted by Crippen LogP contribution is 2.28. The number of carbonyl (C=O) groups excluding carboxylic acids is 1. The number of furan rings is 1. The van der Waals surface area contributed by atoms with Crippen molar-refractivity contribution in [3.05, 3.63) is 23.2 Å². The number of hydrogen-bond donors (Lipinski definition) is 1. The summed E-state index contributed by atoms with van der Waals surface area (Å²) < 4.78 is 10.3. The monoisotopic (exact) mass is 307 g/mol. The maximum absolute atomic E-state index is 11.6. The molecule has 0 bridgehead atoms. The van der Waals surface area contributed by atoms with E-state index in [1.165, 1.54) is 7.11 Å². The molecule has 1 fully saturated rings. The van der Waals surface area contributed by atoms with E-state index in [1.54, 1.807) is 20.0 Å². The molecule has 0 radical (unpaired) electrons. The fourth-order valence-electron chi connectivity index (χ4n) is 2.74. The Labute approximate surface area is 131 Å². The molecule has 22 heavy (non-hydrogen) atoms. The van der Waals surface area contributed by atoms with Crippen LogP contribution in [0, 0.1) is 12.3 Å². The van der Waals surface area contributed by atoms with Crippen LogP contribution in [-0.2, 0) is 11.3 Å². The molecule has 1 N–H and O–H groups in total. The van der Waals surface area contributed by atoms with E-state index in [4.69, 9.17) is 9.15 Å². The van der Waals surface area contributed by atoms with Gasteiger partial charge in [-0.15, -0.1) is 0 Å². The number of nitrogens with zero attached hydrogens (tertiary/aromatic N) is 2. The third kappa shape index (κ3) is 3.61. The molecule has 6 nitrogen and oxygen atoms in total. The number of nitrogens with one attached hydrogen (secondary N) is 1. The van der Waals surface area contributed by atoms with Gasteiger partial charge in [0.1, 0.15) is 17.1 Å². The topological polar surface area (TPSA) is 67.1 Å². The van der Waals surface area contributed by atoms with E-state index in [2.05, 4.69) is 29.1 Å². The van der Waals surface area contributed by atoms with Crippen LogP contribution in [0.1, 0.15) is 42.1 Å². The first-order valence-electron chi connectivity index (χ1n) is 7.49. The fraction of sp³-hybridized carbons (Fsp3) is 0.625. The second-order valence-corrected chi connectivity index (χ2v) is 6.41. The van der Waals surface area contributed by atoms with Crippen LogP contribution in [0.2, 0.25) is 0 Å². The van der Waals surface area contributed by atoms with Crippen molar-refractivity contribution in [3.63, 3.8) is 0 Å². The van der Waals surface area contributed by atoms with Gasteiger partial charge in [-0.05, 0) is 24.8 Å². The number of ether oxygens (including phenoxy) is 1.